The highest BCUT2D eigenvalue weighted by molar-refractivity contribution is 9.10. The van der Waals surface area contributed by atoms with Gasteiger partial charge < -0.3 is 10.8 Å². The number of nitrogens with two attached hydrogens (primary N) is 1. The predicted molar refractivity (Wildman–Crippen MR) is 82.3 cm³/mol. The number of nitrogens with zero attached hydrogens (tertiary/aromatic N) is 1. The molecule has 0 aliphatic rings. The lowest BCUT2D eigenvalue weighted by Crippen LogP contribution is -2.26. The maximum atomic E-state index is 12.5. The molecule has 0 unspecified atom stereocenters. The molecule has 0 spiro atoms. The van der Waals surface area contributed by atoms with Gasteiger partial charge in [0.1, 0.15) is 5.75 Å². The summed E-state index contributed by atoms with van der Waals surface area (Å²) in [7, 11) is -2.25. The molecular formula is C13H13BrN2O3S. The van der Waals surface area contributed by atoms with Gasteiger partial charge in [-0.3, -0.25) is 4.31 Å². The summed E-state index contributed by atoms with van der Waals surface area (Å²) in [5.41, 5.74) is 6.51. The molecule has 2 aromatic carbocycles. The minimum absolute atomic E-state index is 0.0763. The van der Waals surface area contributed by atoms with Crippen molar-refractivity contribution in [1.82, 2.24) is 0 Å². The molecule has 0 saturated carbocycles. The molecule has 0 fully saturated rings. The number of phenolic OH excluding ortho intramolecular Hbond substituents is 1. The quantitative estimate of drug-likeness (QED) is 0.827. The normalized spacial score (nSPS) is 11.3. The van der Waals surface area contributed by atoms with Crippen LogP contribution in [0.5, 0.6) is 5.75 Å². The summed E-state index contributed by atoms with van der Waals surface area (Å²) >= 11 is 3.22. The van der Waals surface area contributed by atoms with Gasteiger partial charge in [0, 0.05) is 17.2 Å². The number of anilines is 2. The highest BCUT2D eigenvalue weighted by Crippen LogP contribution is 2.27. The molecular weight excluding hydrogens is 344 g/mol. The average Bonchev–Trinajstić information content (AvgIpc) is 2.41. The van der Waals surface area contributed by atoms with Gasteiger partial charge in [-0.25, -0.2) is 8.42 Å². The van der Waals surface area contributed by atoms with E-state index in [0.29, 0.717) is 15.8 Å². The third-order valence-electron chi connectivity index (χ3n) is 2.84. The zero-order valence-electron chi connectivity index (χ0n) is 10.6. The molecule has 0 bridgehead atoms. The lowest BCUT2D eigenvalue weighted by atomic mass is 10.3. The Labute approximate surface area is 125 Å². The first kappa shape index (κ1) is 14.7. The van der Waals surface area contributed by atoms with E-state index in [1.807, 2.05) is 0 Å². The average molecular weight is 357 g/mol. The molecule has 7 heteroatoms. The number of phenols is 1. The predicted octanol–water partition coefficient (Wildman–Crippen LogP) is 2.56. The van der Waals surface area contributed by atoms with Crippen LogP contribution >= 0.6 is 15.9 Å². The number of aromatic hydroxyl groups is 1. The van der Waals surface area contributed by atoms with Crippen LogP contribution in [0.4, 0.5) is 11.4 Å². The van der Waals surface area contributed by atoms with Crippen LogP contribution < -0.4 is 10.0 Å². The Bertz CT molecular complexity index is 730. The van der Waals surface area contributed by atoms with Crippen molar-refractivity contribution in [2.24, 2.45) is 0 Å². The number of rotatable bonds is 3. The van der Waals surface area contributed by atoms with Crippen LogP contribution in [0.2, 0.25) is 0 Å². The van der Waals surface area contributed by atoms with E-state index in [1.165, 1.54) is 43.4 Å². The molecule has 0 saturated heterocycles. The largest absolute Gasteiger partial charge is 0.508 e. The zero-order chi connectivity index (χ0) is 14.9. The van der Waals surface area contributed by atoms with E-state index < -0.39 is 10.0 Å². The van der Waals surface area contributed by atoms with Crippen molar-refractivity contribution in [3.05, 3.63) is 46.9 Å². The molecule has 0 radical (unpaired) electrons. The molecule has 0 heterocycles. The van der Waals surface area contributed by atoms with Gasteiger partial charge in [-0.2, -0.15) is 0 Å². The van der Waals surface area contributed by atoms with E-state index in [2.05, 4.69) is 15.9 Å². The van der Waals surface area contributed by atoms with Crippen molar-refractivity contribution < 1.29 is 13.5 Å². The number of benzene rings is 2. The van der Waals surface area contributed by atoms with E-state index in [9.17, 15) is 13.5 Å². The summed E-state index contributed by atoms with van der Waals surface area (Å²) in [6, 6.07) is 10.4. The van der Waals surface area contributed by atoms with Crippen LogP contribution in [0.3, 0.4) is 0 Å². The standard InChI is InChI=1S/C13H13BrN2O3S/c1-16(9-2-4-10(17)5-3-9)20(18,19)11-6-7-12(14)13(15)8-11/h2-8,17H,15H2,1H3. The highest BCUT2D eigenvalue weighted by atomic mass is 79.9. The molecule has 106 valence electrons. The third-order valence-corrected chi connectivity index (χ3v) is 5.34. The van der Waals surface area contributed by atoms with Gasteiger partial charge in [0.15, 0.2) is 0 Å². The molecule has 0 aromatic heterocycles. The summed E-state index contributed by atoms with van der Waals surface area (Å²) in [4.78, 5) is 0.105. The molecule has 5 nitrogen and oxygen atoms in total. The Morgan fingerprint density at radius 2 is 1.75 bits per heavy atom. The van der Waals surface area contributed by atoms with Gasteiger partial charge in [0.25, 0.3) is 10.0 Å². The van der Waals surface area contributed by atoms with Crippen LogP contribution in [-0.4, -0.2) is 20.6 Å². The number of hydrogen-bond donors (Lipinski definition) is 2. The minimum atomic E-state index is -3.69. The lowest BCUT2D eigenvalue weighted by molar-refractivity contribution is 0.475. The van der Waals surface area contributed by atoms with Crippen molar-refractivity contribution >= 4 is 37.3 Å². The van der Waals surface area contributed by atoms with Crippen molar-refractivity contribution in [3.63, 3.8) is 0 Å². The SMILES string of the molecule is CN(c1ccc(O)cc1)S(=O)(=O)c1ccc(Br)c(N)c1. The first-order valence-electron chi connectivity index (χ1n) is 5.65. The van der Waals surface area contributed by atoms with Gasteiger partial charge in [-0.15, -0.1) is 0 Å². The van der Waals surface area contributed by atoms with Crippen LogP contribution in [-0.2, 0) is 10.0 Å². The summed E-state index contributed by atoms with van der Waals surface area (Å²) in [6.07, 6.45) is 0. The van der Waals surface area contributed by atoms with E-state index in [0.717, 1.165) is 4.31 Å². The second-order valence-corrected chi connectivity index (χ2v) is 7.00. The number of sulfonamides is 1. The fraction of sp³-hybridized carbons (Fsp3) is 0.0769. The van der Waals surface area contributed by atoms with Crippen LogP contribution in [0.25, 0.3) is 0 Å². The molecule has 2 aromatic rings. The van der Waals surface area contributed by atoms with Gasteiger partial charge >= 0.3 is 0 Å². The molecule has 0 aliphatic heterocycles. The number of halogens is 1. The Kier molecular flexibility index (Phi) is 3.92. The first-order valence-corrected chi connectivity index (χ1v) is 7.88. The van der Waals surface area contributed by atoms with Gasteiger partial charge in [-0.1, -0.05) is 0 Å². The van der Waals surface area contributed by atoms with Gasteiger partial charge in [0.05, 0.1) is 10.6 Å². The fourth-order valence-electron chi connectivity index (χ4n) is 1.64. The van der Waals surface area contributed by atoms with Gasteiger partial charge in [-0.05, 0) is 58.4 Å². The van der Waals surface area contributed by atoms with Crippen LogP contribution in [0.15, 0.2) is 51.8 Å². The minimum Gasteiger partial charge on any atom is -0.508 e. The smallest absolute Gasteiger partial charge is 0.264 e. The van der Waals surface area contributed by atoms with E-state index in [4.69, 9.17) is 5.73 Å². The van der Waals surface area contributed by atoms with Crippen molar-refractivity contribution in [1.29, 1.82) is 0 Å². The Hall–Kier alpha value is -1.73. The Morgan fingerprint density at radius 1 is 1.15 bits per heavy atom. The molecule has 0 atom stereocenters. The zero-order valence-corrected chi connectivity index (χ0v) is 13.0. The summed E-state index contributed by atoms with van der Waals surface area (Å²) < 4.78 is 26.7. The monoisotopic (exact) mass is 356 g/mol. The van der Waals surface area contributed by atoms with Crippen molar-refractivity contribution in [2.75, 3.05) is 17.1 Å². The van der Waals surface area contributed by atoms with Gasteiger partial charge in [0.2, 0.25) is 0 Å². The molecule has 0 aliphatic carbocycles. The first-order chi connectivity index (χ1) is 9.32. The maximum Gasteiger partial charge on any atom is 0.264 e. The summed E-state index contributed by atoms with van der Waals surface area (Å²) in [6.45, 7) is 0. The summed E-state index contributed by atoms with van der Waals surface area (Å²) in [5.74, 6) is 0.0763. The lowest BCUT2D eigenvalue weighted by Gasteiger charge is -2.19. The van der Waals surface area contributed by atoms with Crippen LogP contribution in [0.1, 0.15) is 0 Å². The maximum absolute atomic E-state index is 12.5. The fourth-order valence-corrected chi connectivity index (χ4v) is 3.12. The second kappa shape index (κ2) is 5.34. The van der Waals surface area contributed by atoms with E-state index in [-0.39, 0.29) is 10.6 Å². The Morgan fingerprint density at radius 3 is 2.30 bits per heavy atom. The van der Waals surface area contributed by atoms with Crippen molar-refractivity contribution in [2.45, 2.75) is 4.90 Å². The summed E-state index contributed by atoms with van der Waals surface area (Å²) in [5, 5.41) is 9.24. The molecule has 20 heavy (non-hydrogen) atoms. The number of nitrogen functional groups attached to an aromatic ring is 1. The second-order valence-electron chi connectivity index (χ2n) is 4.17. The highest BCUT2D eigenvalue weighted by Gasteiger charge is 2.21. The van der Waals surface area contributed by atoms with Crippen molar-refractivity contribution in [3.8, 4) is 5.75 Å². The van der Waals surface area contributed by atoms with E-state index >= 15 is 0 Å². The third kappa shape index (κ3) is 2.73. The molecule has 3 N–H and O–H groups in total. The Balaban J connectivity index is 2.43. The number of hydrogen-bond acceptors (Lipinski definition) is 4. The molecule has 2 rings (SSSR count). The topological polar surface area (TPSA) is 83.6 Å². The van der Waals surface area contributed by atoms with Crippen LogP contribution in [0, 0.1) is 0 Å². The molecule has 0 amide bonds. The van der Waals surface area contributed by atoms with E-state index in [1.54, 1.807) is 6.07 Å².